The molecule has 0 bridgehead atoms. The number of hydrogen-bond donors (Lipinski definition) is 1. The quantitative estimate of drug-likeness (QED) is 0.522. The van der Waals surface area contributed by atoms with E-state index in [1.165, 1.54) is 22.6 Å². The molecule has 82 valence electrons. The monoisotopic (exact) mass is 329 g/mol. The normalized spacial score (nSPS) is 10.7. The number of rotatable bonds is 3. The highest BCUT2D eigenvalue weighted by Crippen LogP contribution is 2.32. The highest BCUT2D eigenvalue weighted by molar-refractivity contribution is 14.1. The summed E-state index contributed by atoms with van der Waals surface area (Å²) in [5.74, 6) is 0. The molecule has 0 saturated heterocycles. The first-order valence-electron chi connectivity index (χ1n) is 3.79. The fourth-order valence-electron chi connectivity index (χ4n) is 1.04. The van der Waals surface area contributed by atoms with Crippen LogP contribution < -0.4 is 5.73 Å². The maximum absolute atomic E-state index is 12.6. The van der Waals surface area contributed by atoms with Gasteiger partial charge in [-0.05, 0) is 22.6 Å². The minimum Gasteiger partial charge on any atom is -0.325 e. The zero-order valence-electron chi connectivity index (χ0n) is 7.28. The van der Waals surface area contributed by atoms with Gasteiger partial charge in [0.1, 0.15) is 9.77 Å². The van der Waals surface area contributed by atoms with Gasteiger partial charge < -0.3 is 5.73 Å². The fraction of sp³-hybridized carbons (Fsp3) is 0.286. The molecule has 0 saturated carbocycles. The number of pyridine rings is 1. The fourth-order valence-corrected chi connectivity index (χ4v) is 1.92. The number of aromatic nitrogens is 1. The van der Waals surface area contributed by atoms with Crippen molar-refractivity contribution in [1.29, 1.82) is 0 Å². The molecule has 15 heavy (non-hydrogen) atoms. The number of nitro groups is 1. The number of nitrogens with two attached hydrogens (primary N) is 1. The Hall–Kier alpha value is -0.900. The van der Waals surface area contributed by atoms with Crippen LogP contribution in [0.15, 0.2) is 6.20 Å². The molecule has 1 heterocycles. The van der Waals surface area contributed by atoms with Crippen LogP contribution in [0.4, 0.5) is 14.5 Å². The van der Waals surface area contributed by atoms with Gasteiger partial charge in [0.25, 0.3) is 6.43 Å². The third kappa shape index (κ3) is 2.37. The van der Waals surface area contributed by atoms with Crippen molar-refractivity contribution in [2.45, 2.75) is 13.0 Å². The van der Waals surface area contributed by atoms with Gasteiger partial charge in [-0.25, -0.2) is 8.78 Å². The van der Waals surface area contributed by atoms with Crippen LogP contribution in [0.25, 0.3) is 0 Å². The second kappa shape index (κ2) is 4.75. The summed E-state index contributed by atoms with van der Waals surface area (Å²) in [4.78, 5) is 13.3. The van der Waals surface area contributed by atoms with Crippen LogP contribution >= 0.6 is 22.6 Å². The van der Waals surface area contributed by atoms with Crippen molar-refractivity contribution < 1.29 is 13.7 Å². The molecule has 2 N–H and O–H groups in total. The first kappa shape index (κ1) is 12.2. The third-order valence-corrected chi connectivity index (χ3v) is 2.86. The Balaban J connectivity index is 3.42. The average molecular weight is 329 g/mol. The zero-order valence-corrected chi connectivity index (χ0v) is 9.44. The summed E-state index contributed by atoms with van der Waals surface area (Å²) in [7, 11) is 0. The summed E-state index contributed by atoms with van der Waals surface area (Å²) in [5, 5.41) is 10.5. The SMILES string of the molecule is NCc1ncc([N+](=O)[O-])c(I)c1C(F)F. The van der Waals surface area contributed by atoms with E-state index in [2.05, 4.69) is 4.98 Å². The van der Waals surface area contributed by atoms with E-state index in [-0.39, 0.29) is 15.8 Å². The summed E-state index contributed by atoms with van der Waals surface area (Å²) in [5.41, 5.74) is 4.32. The lowest BCUT2D eigenvalue weighted by atomic mass is 10.2. The van der Waals surface area contributed by atoms with Crippen molar-refractivity contribution in [2.75, 3.05) is 0 Å². The van der Waals surface area contributed by atoms with Crippen LogP contribution in [-0.4, -0.2) is 9.91 Å². The minimum absolute atomic E-state index is 0.0139. The molecule has 0 aliphatic carbocycles. The van der Waals surface area contributed by atoms with Crippen LogP contribution in [-0.2, 0) is 6.54 Å². The van der Waals surface area contributed by atoms with E-state index in [0.29, 0.717) is 0 Å². The first-order valence-corrected chi connectivity index (χ1v) is 4.86. The predicted octanol–water partition coefficient (Wildman–Crippen LogP) is 1.99. The molecule has 0 aliphatic heterocycles. The van der Waals surface area contributed by atoms with Crippen LogP contribution in [0.1, 0.15) is 17.7 Å². The number of hydrogen-bond acceptors (Lipinski definition) is 4. The maximum Gasteiger partial charge on any atom is 0.301 e. The van der Waals surface area contributed by atoms with E-state index in [1.54, 1.807) is 0 Å². The van der Waals surface area contributed by atoms with Gasteiger partial charge in [-0.1, -0.05) is 0 Å². The average Bonchev–Trinajstić information content (AvgIpc) is 2.15. The third-order valence-electron chi connectivity index (χ3n) is 1.72. The van der Waals surface area contributed by atoms with Crippen LogP contribution in [0.5, 0.6) is 0 Å². The summed E-state index contributed by atoms with van der Waals surface area (Å²) in [6, 6.07) is 0. The van der Waals surface area contributed by atoms with E-state index < -0.39 is 22.6 Å². The molecule has 0 fully saturated rings. The Morgan fingerprint density at radius 1 is 1.67 bits per heavy atom. The Morgan fingerprint density at radius 2 is 2.27 bits per heavy atom. The van der Waals surface area contributed by atoms with Gasteiger partial charge in [-0.2, -0.15) is 0 Å². The molecular formula is C7H6F2IN3O2. The minimum atomic E-state index is -2.82. The van der Waals surface area contributed by atoms with E-state index in [0.717, 1.165) is 6.20 Å². The van der Waals surface area contributed by atoms with Crippen molar-refractivity contribution in [2.24, 2.45) is 5.73 Å². The van der Waals surface area contributed by atoms with Gasteiger partial charge in [-0.3, -0.25) is 15.1 Å². The lowest BCUT2D eigenvalue weighted by Crippen LogP contribution is -2.09. The largest absolute Gasteiger partial charge is 0.325 e. The van der Waals surface area contributed by atoms with Crippen LogP contribution in [0, 0.1) is 13.7 Å². The summed E-state index contributed by atoms with van der Waals surface area (Å²) < 4.78 is 25.1. The predicted molar refractivity (Wildman–Crippen MR) is 56.5 cm³/mol. The van der Waals surface area contributed by atoms with E-state index in [1.807, 2.05) is 0 Å². The first-order chi connectivity index (χ1) is 6.99. The topological polar surface area (TPSA) is 82.0 Å². The van der Waals surface area contributed by atoms with Crippen molar-refractivity contribution >= 4 is 28.3 Å². The maximum atomic E-state index is 12.6. The second-order valence-corrected chi connectivity index (χ2v) is 3.66. The molecule has 1 rings (SSSR count). The highest BCUT2D eigenvalue weighted by atomic mass is 127. The molecule has 8 heteroatoms. The lowest BCUT2D eigenvalue weighted by molar-refractivity contribution is -0.386. The Bertz CT molecular complexity index is 400. The molecule has 0 atom stereocenters. The smallest absolute Gasteiger partial charge is 0.301 e. The number of nitrogens with zero attached hydrogens (tertiary/aromatic N) is 2. The van der Waals surface area contributed by atoms with Gasteiger partial charge in [0.15, 0.2) is 0 Å². The van der Waals surface area contributed by atoms with E-state index in [9.17, 15) is 18.9 Å². The standard InChI is InChI=1S/C7H6F2IN3O2/c8-7(9)5-3(1-11)12-2-4(6(5)10)13(14)15/h2,7H,1,11H2. The van der Waals surface area contributed by atoms with Gasteiger partial charge in [-0.15, -0.1) is 0 Å². The molecular weight excluding hydrogens is 323 g/mol. The number of alkyl halides is 2. The van der Waals surface area contributed by atoms with Crippen LogP contribution in [0.3, 0.4) is 0 Å². The second-order valence-electron chi connectivity index (χ2n) is 2.58. The Morgan fingerprint density at radius 3 is 2.67 bits per heavy atom. The summed E-state index contributed by atoms with van der Waals surface area (Å²) in [6.07, 6.45) is -1.88. The van der Waals surface area contributed by atoms with Crippen molar-refractivity contribution in [3.8, 4) is 0 Å². The van der Waals surface area contributed by atoms with Crippen LogP contribution in [0.2, 0.25) is 0 Å². The van der Waals surface area contributed by atoms with E-state index in [4.69, 9.17) is 5.73 Å². The molecule has 0 aromatic carbocycles. The Labute approximate surface area is 97.0 Å². The van der Waals surface area contributed by atoms with Gasteiger partial charge in [0.2, 0.25) is 0 Å². The highest BCUT2D eigenvalue weighted by Gasteiger charge is 2.24. The zero-order chi connectivity index (χ0) is 11.6. The van der Waals surface area contributed by atoms with Crippen molar-refractivity contribution in [3.63, 3.8) is 0 Å². The lowest BCUT2D eigenvalue weighted by Gasteiger charge is -2.08. The van der Waals surface area contributed by atoms with Crippen molar-refractivity contribution in [1.82, 2.24) is 4.98 Å². The van der Waals surface area contributed by atoms with Crippen molar-refractivity contribution in [3.05, 3.63) is 31.1 Å². The molecule has 5 nitrogen and oxygen atoms in total. The summed E-state index contributed by atoms with van der Waals surface area (Å²) in [6.45, 7) is -0.173. The van der Waals surface area contributed by atoms with E-state index >= 15 is 0 Å². The molecule has 0 unspecified atom stereocenters. The Kier molecular flexibility index (Phi) is 3.85. The molecule has 0 aliphatic rings. The van der Waals surface area contributed by atoms with Gasteiger partial charge in [0, 0.05) is 6.54 Å². The summed E-state index contributed by atoms with van der Waals surface area (Å²) >= 11 is 1.50. The molecule has 1 aromatic rings. The molecule has 0 radical (unpaired) electrons. The molecule has 1 aromatic heterocycles. The van der Waals surface area contributed by atoms with Gasteiger partial charge in [0.05, 0.1) is 16.2 Å². The molecule has 0 spiro atoms. The van der Waals surface area contributed by atoms with Gasteiger partial charge >= 0.3 is 5.69 Å². The molecule has 0 amide bonds. The number of halogens is 3.